The van der Waals surface area contributed by atoms with Gasteiger partial charge >= 0.3 is 10.7 Å². The summed E-state index contributed by atoms with van der Waals surface area (Å²) >= 11 is 1.20. The average Bonchev–Trinajstić information content (AvgIpc) is 3.76. The van der Waals surface area contributed by atoms with Gasteiger partial charge in [-0.15, -0.1) is 0 Å². The lowest BCUT2D eigenvalue weighted by Crippen LogP contribution is -2.54. The number of hydrogen-bond acceptors (Lipinski definition) is 7. The van der Waals surface area contributed by atoms with E-state index in [2.05, 4.69) is 66.1 Å². The van der Waals surface area contributed by atoms with E-state index >= 15 is 0 Å². The second-order valence-electron chi connectivity index (χ2n) is 13.2. The molecule has 0 spiro atoms. The minimum absolute atomic E-state index is 0.196. The minimum Gasteiger partial charge on any atom is -0.414 e. The summed E-state index contributed by atoms with van der Waals surface area (Å²) < 4.78 is 11.6. The number of nitrogens with zero attached hydrogens (tertiary/aromatic N) is 2. The van der Waals surface area contributed by atoms with Crippen molar-refractivity contribution in [1.82, 2.24) is 14.8 Å². The van der Waals surface area contributed by atoms with Gasteiger partial charge in [-0.2, -0.15) is 0 Å². The Morgan fingerprint density at radius 1 is 0.837 bits per heavy atom. The summed E-state index contributed by atoms with van der Waals surface area (Å²) in [5.74, 6) is -0.366. The molecule has 8 rings (SSSR count). The number of benzene rings is 2. The molecule has 2 saturated heterocycles. The van der Waals surface area contributed by atoms with Crippen LogP contribution in [0.3, 0.4) is 0 Å². The van der Waals surface area contributed by atoms with Crippen molar-refractivity contribution in [1.29, 1.82) is 0 Å². The van der Waals surface area contributed by atoms with Crippen molar-refractivity contribution >= 4 is 32.7 Å². The van der Waals surface area contributed by atoms with E-state index in [1.165, 1.54) is 93.2 Å². The molecule has 0 amide bonds. The van der Waals surface area contributed by atoms with Crippen molar-refractivity contribution in [3.63, 3.8) is 0 Å². The Hall–Kier alpha value is -2.68. The third kappa shape index (κ3) is 4.94. The van der Waals surface area contributed by atoms with Crippen molar-refractivity contribution in [3.8, 4) is 0 Å². The fourth-order valence-electron chi connectivity index (χ4n) is 9.15. The van der Waals surface area contributed by atoms with Crippen LogP contribution in [0.2, 0.25) is 0 Å². The van der Waals surface area contributed by atoms with Crippen molar-refractivity contribution in [2.75, 3.05) is 27.2 Å². The number of rotatable bonds is 2. The zero-order chi connectivity index (χ0) is 30.4. The van der Waals surface area contributed by atoms with Gasteiger partial charge in [0, 0.05) is 22.4 Å². The molecule has 7 nitrogen and oxygen atoms in total. The molecule has 1 N–H and O–H groups in total. The molecule has 2 aliphatic carbocycles. The van der Waals surface area contributed by atoms with Gasteiger partial charge in [-0.25, -0.2) is 9.59 Å². The molecule has 8 heteroatoms. The Balaban J connectivity index is 0.000000145. The SMILES string of the molecule is CC.CN1CC[C@]2(c3ccc4[nH]c(=O)oc4c3)CCCC[C@]12C.CN1CC[C@]2(c3ccc4sc(=O)oc4c3)CCCC[C@H]12. The summed E-state index contributed by atoms with van der Waals surface area (Å²) in [7, 11) is 4.50. The summed E-state index contributed by atoms with van der Waals surface area (Å²) in [6.45, 7) is 8.73. The largest absolute Gasteiger partial charge is 0.417 e. The van der Waals surface area contributed by atoms with Gasteiger partial charge in [-0.1, -0.05) is 63.0 Å². The first-order valence-electron chi connectivity index (χ1n) is 16.3. The predicted octanol–water partition coefficient (Wildman–Crippen LogP) is 7.42. The van der Waals surface area contributed by atoms with Gasteiger partial charge in [0.1, 0.15) is 5.58 Å². The molecule has 0 unspecified atom stereocenters. The molecule has 0 bridgehead atoms. The van der Waals surface area contributed by atoms with Gasteiger partial charge < -0.3 is 18.6 Å². The molecule has 4 atom stereocenters. The molecule has 4 aliphatic rings. The molecule has 232 valence electrons. The Labute approximate surface area is 258 Å². The molecular weight excluding hydrogens is 558 g/mol. The fourth-order valence-corrected chi connectivity index (χ4v) is 9.80. The molecule has 43 heavy (non-hydrogen) atoms. The molecule has 4 heterocycles. The van der Waals surface area contributed by atoms with Crippen molar-refractivity contribution < 1.29 is 8.83 Å². The van der Waals surface area contributed by atoms with Crippen LogP contribution < -0.4 is 10.7 Å². The van der Waals surface area contributed by atoms with E-state index in [9.17, 15) is 9.59 Å². The Bertz CT molecular complexity index is 1690. The summed E-state index contributed by atoms with van der Waals surface area (Å²) in [6, 6.07) is 13.4. The van der Waals surface area contributed by atoms with Crippen LogP contribution in [-0.4, -0.2) is 53.5 Å². The number of fused-ring (bicyclic) bond motifs is 4. The lowest BCUT2D eigenvalue weighted by atomic mass is 9.59. The van der Waals surface area contributed by atoms with E-state index in [1.807, 2.05) is 19.9 Å². The number of H-pyrrole nitrogens is 1. The first kappa shape index (κ1) is 30.4. The van der Waals surface area contributed by atoms with Crippen molar-refractivity contribution in [2.24, 2.45) is 0 Å². The summed E-state index contributed by atoms with van der Waals surface area (Å²) in [5, 5.41) is 0. The van der Waals surface area contributed by atoms with E-state index in [1.54, 1.807) is 0 Å². The maximum Gasteiger partial charge on any atom is 0.417 e. The smallest absolute Gasteiger partial charge is 0.414 e. The van der Waals surface area contributed by atoms with Gasteiger partial charge in [0.25, 0.3) is 0 Å². The monoisotopic (exact) mass is 605 g/mol. The Morgan fingerprint density at radius 2 is 1.58 bits per heavy atom. The van der Waals surface area contributed by atoms with E-state index in [4.69, 9.17) is 8.83 Å². The first-order valence-corrected chi connectivity index (χ1v) is 17.1. The maximum absolute atomic E-state index is 11.4. The van der Waals surface area contributed by atoms with Crippen LogP contribution in [0.4, 0.5) is 0 Å². The molecule has 0 radical (unpaired) electrons. The van der Waals surface area contributed by atoms with E-state index in [0.717, 1.165) is 22.3 Å². The van der Waals surface area contributed by atoms with Crippen LogP contribution in [0.15, 0.2) is 54.8 Å². The summed E-state index contributed by atoms with van der Waals surface area (Å²) in [5.41, 5.74) is 5.66. The minimum atomic E-state index is -0.366. The van der Waals surface area contributed by atoms with Crippen molar-refractivity contribution in [2.45, 2.75) is 107 Å². The van der Waals surface area contributed by atoms with E-state index in [0.29, 0.717) is 11.6 Å². The van der Waals surface area contributed by atoms with E-state index in [-0.39, 0.29) is 27.1 Å². The summed E-state index contributed by atoms with van der Waals surface area (Å²) in [6.07, 6.45) is 12.7. The molecule has 2 aromatic carbocycles. The van der Waals surface area contributed by atoms with Gasteiger partial charge in [0.15, 0.2) is 5.58 Å². The zero-order valence-electron chi connectivity index (χ0n) is 26.5. The highest BCUT2D eigenvalue weighted by molar-refractivity contribution is 7.16. The quantitative estimate of drug-likeness (QED) is 0.256. The van der Waals surface area contributed by atoms with Crippen molar-refractivity contribution in [3.05, 3.63) is 67.8 Å². The van der Waals surface area contributed by atoms with Gasteiger partial charge in [-0.05, 0) is 108 Å². The van der Waals surface area contributed by atoms with Crippen LogP contribution in [0.1, 0.15) is 96.1 Å². The molecule has 2 aliphatic heterocycles. The fraction of sp³-hybridized carbons (Fsp3) is 0.600. The van der Waals surface area contributed by atoms with Gasteiger partial charge in [0.2, 0.25) is 0 Å². The Morgan fingerprint density at radius 3 is 2.42 bits per heavy atom. The third-order valence-corrected chi connectivity index (χ3v) is 12.4. The standard InChI is InChI=1S/C17H22N2O2.C16H19NO2S.C2H6/c1-16-7-3-4-8-17(16,9-10-19(16)2)12-5-6-13-14(11-12)21-15(20)18-13;1-17-9-8-16(7-3-2-4-14(16)17)11-5-6-13-12(10-11)19-15(18)20-13;1-2/h5-6,11H,3-4,7-10H2,1-2H3,(H,18,20);5-6,10,14H,2-4,7-9H2,1H3;1-2H3/t16-,17-;14-,16-;/m00./s1. The molecule has 4 aromatic rings. The topological polar surface area (TPSA) is 82.7 Å². The number of oxazole rings is 1. The number of nitrogens with one attached hydrogen (secondary N) is 1. The highest BCUT2D eigenvalue weighted by Gasteiger charge is 2.56. The number of likely N-dealkylation sites (tertiary alicyclic amines) is 2. The van der Waals surface area contributed by atoms with E-state index < -0.39 is 0 Å². The molecule has 2 aromatic heterocycles. The molecule has 2 saturated carbocycles. The second kappa shape index (κ2) is 11.7. The molecular formula is C35H47N3O4S. The third-order valence-electron chi connectivity index (χ3n) is 11.6. The van der Waals surface area contributed by atoms with Crippen LogP contribution in [0.5, 0.6) is 0 Å². The van der Waals surface area contributed by atoms with Gasteiger partial charge in [0.05, 0.1) is 10.2 Å². The molecule has 4 fully saturated rings. The normalized spacial score (nSPS) is 30.8. The lowest BCUT2D eigenvalue weighted by Gasteiger charge is -2.50. The van der Waals surface area contributed by atoms with Crippen LogP contribution in [-0.2, 0) is 10.8 Å². The highest BCUT2D eigenvalue weighted by Crippen LogP contribution is 2.55. The second-order valence-corrected chi connectivity index (χ2v) is 14.2. The van der Waals surface area contributed by atoms with Gasteiger partial charge in [-0.3, -0.25) is 4.98 Å². The predicted molar refractivity (Wildman–Crippen MR) is 176 cm³/mol. The lowest BCUT2D eigenvalue weighted by molar-refractivity contribution is 0.0770. The number of aromatic nitrogens is 1. The average molecular weight is 606 g/mol. The number of hydrogen-bond donors (Lipinski definition) is 1. The highest BCUT2D eigenvalue weighted by atomic mass is 32.1. The Kier molecular flexibility index (Phi) is 8.24. The summed E-state index contributed by atoms with van der Waals surface area (Å²) in [4.78, 5) is 30.4. The van der Waals surface area contributed by atoms with Crippen LogP contribution in [0.25, 0.3) is 21.4 Å². The van der Waals surface area contributed by atoms with Crippen LogP contribution in [0, 0.1) is 0 Å². The number of likely N-dealkylation sites (N-methyl/N-ethyl adjacent to an activating group) is 2. The maximum atomic E-state index is 11.4. The zero-order valence-corrected chi connectivity index (χ0v) is 27.3. The number of aromatic amines is 1. The first-order chi connectivity index (χ1) is 20.7. The van der Waals surface area contributed by atoms with Crippen LogP contribution >= 0.6 is 11.3 Å².